The van der Waals surface area contributed by atoms with E-state index in [0.717, 1.165) is 0 Å². The average Bonchev–Trinajstić information content (AvgIpc) is 2.88. The molecule has 0 fully saturated rings. The van der Waals surface area contributed by atoms with Gasteiger partial charge in [-0.05, 0) is 12.1 Å². The average molecular weight is 278 g/mol. The van der Waals surface area contributed by atoms with Crippen LogP contribution in [0.1, 0.15) is 20.8 Å². The number of carboxylic acids is 1. The van der Waals surface area contributed by atoms with Gasteiger partial charge in [-0.15, -0.1) is 0 Å². The molecular weight excluding hydrogens is 267 g/mol. The van der Waals surface area contributed by atoms with Gasteiger partial charge in [0.25, 0.3) is 5.91 Å². The molecule has 0 bridgehead atoms. The van der Waals surface area contributed by atoms with Gasteiger partial charge in [0.15, 0.2) is 5.69 Å². The molecule has 8 heteroatoms. The van der Waals surface area contributed by atoms with Crippen molar-refractivity contribution in [2.24, 2.45) is 0 Å². The molecule has 20 heavy (non-hydrogen) atoms. The number of nitrogens with one attached hydrogen (secondary N) is 1. The van der Waals surface area contributed by atoms with Crippen LogP contribution in [0.15, 0.2) is 30.9 Å². The number of carbonyl (C=O) groups excluding carboxylic acids is 1. The molecule has 2 heterocycles. The number of imidazole rings is 1. The van der Waals surface area contributed by atoms with Crippen LogP contribution in [0.3, 0.4) is 0 Å². The van der Waals surface area contributed by atoms with E-state index in [1.807, 2.05) is 0 Å². The van der Waals surface area contributed by atoms with Gasteiger partial charge in [-0.25, -0.2) is 14.8 Å². The molecule has 104 valence electrons. The number of hydrogen-bond acceptors (Lipinski definition) is 4. The van der Waals surface area contributed by atoms with E-state index in [0.29, 0.717) is 6.54 Å². The number of amides is 1. The Kier molecular flexibility index (Phi) is 4.04. The van der Waals surface area contributed by atoms with Crippen molar-refractivity contribution in [2.75, 3.05) is 6.54 Å². The van der Waals surface area contributed by atoms with Gasteiger partial charge in [-0.1, -0.05) is 0 Å². The van der Waals surface area contributed by atoms with Crippen molar-refractivity contribution in [3.05, 3.63) is 48.1 Å². The maximum Gasteiger partial charge on any atom is 0.356 e. The van der Waals surface area contributed by atoms with Crippen molar-refractivity contribution in [2.45, 2.75) is 6.54 Å². The van der Waals surface area contributed by atoms with Crippen LogP contribution < -0.4 is 5.32 Å². The van der Waals surface area contributed by atoms with Crippen molar-refractivity contribution in [3.8, 4) is 0 Å². The molecule has 0 spiro atoms. The van der Waals surface area contributed by atoms with Gasteiger partial charge < -0.3 is 15.0 Å². The summed E-state index contributed by atoms with van der Waals surface area (Å²) in [6, 6.07) is 2.80. The van der Waals surface area contributed by atoms with Crippen molar-refractivity contribution < 1.29 is 19.1 Å². The van der Waals surface area contributed by atoms with Crippen LogP contribution in [0, 0.1) is 5.95 Å². The number of halogens is 1. The molecule has 0 aliphatic heterocycles. The summed E-state index contributed by atoms with van der Waals surface area (Å²) in [6.45, 7) is 0.538. The highest BCUT2D eigenvalue weighted by atomic mass is 19.1. The molecule has 0 saturated heterocycles. The van der Waals surface area contributed by atoms with Crippen LogP contribution in [-0.2, 0) is 6.54 Å². The minimum Gasteiger partial charge on any atom is -0.476 e. The molecule has 1 amide bonds. The number of aromatic nitrogens is 3. The summed E-state index contributed by atoms with van der Waals surface area (Å²) < 4.78 is 14.7. The van der Waals surface area contributed by atoms with Gasteiger partial charge in [-0.2, -0.15) is 4.39 Å². The van der Waals surface area contributed by atoms with Crippen molar-refractivity contribution in [1.82, 2.24) is 19.9 Å². The number of rotatable bonds is 5. The van der Waals surface area contributed by atoms with Crippen molar-refractivity contribution in [3.63, 3.8) is 0 Å². The normalized spacial score (nSPS) is 10.2. The van der Waals surface area contributed by atoms with E-state index in [2.05, 4.69) is 15.3 Å². The molecule has 2 N–H and O–H groups in total. The minimum atomic E-state index is -1.12. The van der Waals surface area contributed by atoms with Gasteiger partial charge in [0, 0.05) is 25.5 Å². The van der Waals surface area contributed by atoms with Gasteiger partial charge >= 0.3 is 5.97 Å². The molecular formula is C12H11FN4O3. The summed E-state index contributed by atoms with van der Waals surface area (Å²) in [4.78, 5) is 29.3. The largest absolute Gasteiger partial charge is 0.476 e. The second-order valence-electron chi connectivity index (χ2n) is 3.90. The zero-order chi connectivity index (χ0) is 14.5. The van der Waals surface area contributed by atoms with Crippen molar-refractivity contribution in [1.29, 1.82) is 0 Å². The number of pyridine rings is 1. The number of carboxylic acid groups (broad SMARTS) is 1. The fourth-order valence-corrected chi connectivity index (χ4v) is 1.54. The molecule has 0 unspecified atom stereocenters. The molecule has 0 radical (unpaired) electrons. The van der Waals surface area contributed by atoms with E-state index in [4.69, 9.17) is 5.11 Å². The van der Waals surface area contributed by atoms with E-state index in [9.17, 15) is 14.0 Å². The molecule has 0 saturated carbocycles. The topological polar surface area (TPSA) is 97.1 Å². The second-order valence-corrected chi connectivity index (χ2v) is 3.90. The van der Waals surface area contributed by atoms with Crippen LogP contribution in [-0.4, -0.2) is 38.1 Å². The molecule has 2 aromatic heterocycles. The molecule has 0 aliphatic rings. The van der Waals surface area contributed by atoms with Crippen LogP contribution >= 0.6 is 0 Å². The summed E-state index contributed by atoms with van der Waals surface area (Å²) in [5.41, 5.74) is -0.209. The van der Waals surface area contributed by atoms with E-state index < -0.39 is 17.8 Å². The van der Waals surface area contributed by atoms with E-state index >= 15 is 0 Å². The molecule has 2 aromatic rings. The summed E-state index contributed by atoms with van der Waals surface area (Å²) >= 11 is 0. The van der Waals surface area contributed by atoms with Gasteiger partial charge in [0.05, 0.1) is 11.9 Å². The summed E-state index contributed by atoms with van der Waals surface area (Å²) in [6.07, 6.45) is 3.95. The Balaban J connectivity index is 1.88. The third kappa shape index (κ3) is 3.16. The number of nitrogens with zero attached hydrogens (tertiary/aromatic N) is 3. The summed E-state index contributed by atoms with van der Waals surface area (Å²) in [5.74, 6) is -2.53. The highest BCUT2D eigenvalue weighted by Crippen LogP contribution is 2.02. The minimum absolute atomic E-state index is 0.0744. The SMILES string of the molecule is O=C(O)c1cn(CCNC(=O)c2cccnc2F)cn1. The maximum absolute atomic E-state index is 13.2. The lowest BCUT2D eigenvalue weighted by Crippen LogP contribution is -2.28. The first-order valence-electron chi connectivity index (χ1n) is 5.71. The zero-order valence-corrected chi connectivity index (χ0v) is 10.3. The second kappa shape index (κ2) is 5.91. The summed E-state index contributed by atoms with van der Waals surface area (Å²) in [5, 5.41) is 11.2. The monoisotopic (exact) mass is 278 g/mol. The Morgan fingerprint density at radius 2 is 2.20 bits per heavy atom. The lowest BCUT2D eigenvalue weighted by molar-refractivity contribution is 0.0690. The van der Waals surface area contributed by atoms with Gasteiger partial charge in [0.1, 0.15) is 0 Å². The van der Waals surface area contributed by atoms with Crippen molar-refractivity contribution >= 4 is 11.9 Å². The highest BCUT2D eigenvalue weighted by molar-refractivity contribution is 5.94. The van der Waals surface area contributed by atoms with Crippen LogP contribution in [0.5, 0.6) is 0 Å². The van der Waals surface area contributed by atoms with Crippen LogP contribution in [0.2, 0.25) is 0 Å². The molecule has 0 aromatic carbocycles. The van der Waals surface area contributed by atoms with Crippen LogP contribution in [0.25, 0.3) is 0 Å². The summed E-state index contributed by atoms with van der Waals surface area (Å²) in [7, 11) is 0. The number of carbonyl (C=O) groups is 2. The van der Waals surface area contributed by atoms with Gasteiger partial charge in [-0.3, -0.25) is 4.79 Å². The molecule has 7 nitrogen and oxygen atoms in total. The third-order valence-electron chi connectivity index (χ3n) is 2.51. The Hall–Kier alpha value is -2.77. The fraction of sp³-hybridized carbons (Fsp3) is 0.167. The predicted octanol–water partition coefficient (Wildman–Crippen LogP) is 0.545. The first kappa shape index (κ1) is 13.7. The van der Waals surface area contributed by atoms with Gasteiger partial charge in [0.2, 0.25) is 5.95 Å². The predicted molar refractivity (Wildman–Crippen MR) is 65.7 cm³/mol. The molecule has 2 rings (SSSR count). The maximum atomic E-state index is 13.2. The van der Waals surface area contributed by atoms with Crippen LogP contribution in [0.4, 0.5) is 4.39 Å². The van der Waals surface area contributed by atoms with E-state index in [1.165, 1.54) is 35.4 Å². The Labute approximate surface area is 113 Å². The standard InChI is InChI=1S/C12H11FN4O3/c13-10-8(2-1-3-14-10)11(18)15-4-5-17-6-9(12(19)20)16-7-17/h1-3,6-7H,4-5H2,(H,15,18)(H,19,20). The smallest absolute Gasteiger partial charge is 0.356 e. The zero-order valence-electron chi connectivity index (χ0n) is 10.3. The van der Waals surface area contributed by atoms with E-state index in [-0.39, 0.29) is 17.8 Å². The Morgan fingerprint density at radius 3 is 2.85 bits per heavy atom. The lowest BCUT2D eigenvalue weighted by Gasteiger charge is -2.05. The quantitative estimate of drug-likeness (QED) is 0.778. The Bertz CT molecular complexity index is 641. The molecule has 0 aliphatic carbocycles. The molecule has 0 atom stereocenters. The van der Waals surface area contributed by atoms with E-state index in [1.54, 1.807) is 0 Å². The first-order chi connectivity index (χ1) is 9.58. The number of aromatic carboxylic acids is 1. The first-order valence-corrected chi connectivity index (χ1v) is 5.71. The third-order valence-corrected chi connectivity index (χ3v) is 2.51. The number of hydrogen-bond donors (Lipinski definition) is 2. The Morgan fingerprint density at radius 1 is 1.40 bits per heavy atom. The highest BCUT2D eigenvalue weighted by Gasteiger charge is 2.11. The fourth-order valence-electron chi connectivity index (χ4n) is 1.54. The lowest BCUT2D eigenvalue weighted by atomic mass is 10.2.